The molecule has 0 spiro atoms. The molecule has 0 aliphatic carbocycles. The average molecular weight is 277 g/mol. The van der Waals surface area contributed by atoms with Crippen LogP contribution in [0.25, 0.3) is 0 Å². The molecule has 19 heavy (non-hydrogen) atoms. The first-order chi connectivity index (χ1) is 9.28. The molecule has 2 aromatic rings. The van der Waals surface area contributed by atoms with Gasteiger partial charge in [-0.25, -0.2) is 4.79 Å². The topological polar surface area (TPSA) is 47.6 Å². The van der Waals surface area contributed by atoms with Crippen LogP contribution >= 0.6 is 11.3 Å². The van der Waals surface area contributed by atoms with E-state index in [1.807, 2.05) is 30.3 Å². The maximum absolute atomic E-state index is 10.9. The van der Waals surface area contributed by atoms with Gasteiger partial charge in [-0.05, 0) is 35.7 Å². The van der Waals surface area contributed by atoms with Gasteiger partial charge >= 0.3 is 5.97 Å². The summed E-state index contributed by atoms with van der Waals surface area (Å²) in [5.74, 6) is 0.256. The fraction of sp³-hybridized carbons (Fsp3) is 0.214. The predicted octanol–water partition coefficient (Wildman–Crippen LogP) is 2.91. The average Bonchev–Trinajstić information content (AvgIpc) is 2.97. The Balaban J connectivity index is 1.82. The van der Waals surface area contributed by atoms with Crippen LogP contribution in [0.4, 0.5) is 5.69 Å². The van der Waals surface area contributed by atoms with Gasteiger partial charge in [0, 0.05) is 17.1 Å². The smallest absolute Gasteiger partial charge is 0.343 e. The molecule has 4 nitrogen and oxygen atoms in total. The van der Waals surface area contributed by atoms with E-state index in [2.05, 4.69) is 21.5 Å². The second-order valence-electron chi connectivity index (χ2n) is 3.82. The molecule has 5 heteroatoms. The Morgan fingerprint density at radius 1 is 1.26 bits per heavy atom. The minimum atomic E-state index is -0.389. The molecule has 2 rings (SSSR count). The van der Waals surface area contributed by atoms with Crippen LogP contribution in [0.15, 0.2) is 41.8 Å². The van der Waals surface area contributed by atoms with E-state index in [9.17, 15) is 4.79 Å². The Morgan fingerprint density at radius 3 is 2.68 bits per heavy atom. The standard InChI is InChI=1S/C14H15NO3S/c1-17-14(16)10-18-12-6-4-11(5-7-12)15-9-13-3-2-8-19-13/h2-8,15H,9-10H2,1H3. The normalized spacial score (nSPS) is 9.95. The van der Waals surface area contributed by atoms with E-state index < -0.39 is 0 Å². The fourth-order valence-electron chi connectivity index (χ4n) is 1.47. The van der Waals surface area contributed by atoms with Gasteiger partial charge in [-0.2, -0.15) is 0 Å². The van der Waals surface area contributed by atoms with Crippen molar-refractivity contribution in [2.45, 2.75) is 6.54 Å². The van der Waals surface area contributed by atoms with Gasteiger partial charge in [0.2, 0.25) is 0 Å². The summed E-state index contributed by atoms with van der Waals surface area (Å²) in [7, 11) is 1.34. The number of esters is 1. The lowest BCUT2D eigenvalue weighted by atomic mass is 10.3. The molecule has 0 amide bonds. The van der Waals surface area contributed by atoms with Crippen molar-refractivity contribution >= 4 is 23.0 Å². The van der Waals surface area contributed by atoms with E-state index in [0.717, 1.165) is 12.2 Å². The monoisotopic (exact) mass is 277 g/mol. The Morgan fingerprint density at radius 2 is 2.05 bits per heavy atom. The number of methoxy groups -OCH3 is 1. The molecule has 1 heterocycles. The van der Waals surface area contributed by atoms with Crippen LogP contribution in [0, 0.1) is 0 Å². The van der Waals surface area contributed by atoms with Crippen molar-refractivity contribution in [3.8, 4) is 5.75 Å². The summed E-state index contributed by atoms with van der Waals surface area (Å²) in [5.41, 5.74) is 1.01. The lowest BCUT2D eigenvalue weighted by Gasteiger charge is -2.07. The van der Waals surface area contributed by atoms with Crippen LogP contribution in [-0.4, -0.2) is 19.7 Å². The number of hydrogen-bond donors (Lipinski definition) is 1. The second kappa shape index (κ2) is 6.80. The molecule has 0 saturated heterocycles. The molecule has 1 N–H and O–H groups in total. The van der Waals surface area contributed by atoms with E-state index in [-0.39, 0.29) is 12.6 Å². The Kier molecular flexibility index (Phi) is 4.80. The summed E-state index contributed by atoms with van der Waals surface area (Å²) in [5, 5.41) is 5.37. The van der Waals surface area contributed by atoms with Crippen molar-refractivity contribution in [3.05, 3.63) is 46.7 Å². The van der Waals surface area contributed by atoms with Gasteiger partial charge < -0.3 is 14.8 Å². The minimum absolute atomic E-state index is 0.0710. The Labute approximate surface area is 116 Å². The number of rotatable bonds is 6. The van der Waals surface area contributed by atoms with E-state index in [1.165, 1.54) is 12.0 Å². The third-order valence-corrected chi connectivity index (χ3v) is 3.36. The zero-order valence-corrected chi connectivity index (χ0v) is 11.4. The molecule has 100 valence electrons. The molecular weight excluding hydrogens is 262 g/mol. The molecule has 0 atom stereocenters. The van der Waals surface area contributed by atoms with Crippen LogP contribution in [0.5, 0.6) is 5.75 Å². The number of anilines is 1. The van der Waals surface area contributed by atoms with Gasteiger partial charge in [-0.1, -0.05) is 6.07 Å². The number of thiophene rings is 1. The largest absolute Gasteiger partial charge is 0.482 e. The number of carbonyl (C=O) groups is 1. The van der Waals surface area contributed by atoms with Crippen LogP contribution < -0.4 is 10.1 Å². The van der Waals surface area contributed by atoms with Gasteiger partial charge in [0.25, 0.3) is 0 Å². The van der Waals surface area contributed by atoms with Crippen molar-refractivity contribution in [1.82, 2.24) is 0 Å². The maximum atomic E-state index is 10.9. The van der Waals surface area contributed by atoms with Crippen molar-refractivity contribution in [2.24, 2.45) is 0 Å². The lowest BCUT2D eigenvalue weighted by Crippen LogP contribution is -2.12. The lowest BCUT2D eigenvalue weighted by molar-refractivity contribution is -0.142. The summed E-state index contributed by atoms with van der Waals surface area (Å²) in [6.45, 7) is 0.735. The highest BCUT2D eigenvalue weighted by molar-refractivity contribution is 7.09. The summed E-state index contributed by atoms with van der Waals surface area (Å²) < 4.78 is 9.76. The summed E-state index contributed by atoms with van der Waals surface area (Å²) in [4.78, 5) is 12.2. The summed E-state index contributed by atoms with van der Waals surface area (Å²) >= 11 is 1.72. The maximum Gasteiger partial charge on any atom is 0.343 e. The Bertz CT molecular complexity index is 508. The zero-order chi connectivity index (χ0) is 13.5. The molecule has 1 aromatic carbocycles. The third-order valence-electron chi connectivity index (χ3n) is 2.49. The molecule has 0 aliphatic heterocycles. The number of hydrogen-bond acceptors (Lipinski definition) is 5. The van der Waals surface area contributed by atoms with Gasteiger partial charge in [-0.15, -0.1) is 11.3 Å². The highest BCUT2D eigenvalue weighted by Crippen LogP contribution is 2.17. The van der Waals surface area contributed by atoms with Gasteiger partial charge in [0.15, 0.2) is 6.61 Å². The third kappa shape index (κ3) is 4.30. The van der Waals surface area contributed by atoms with Crippen molar-refractivity contribution in [3.63, 3.8) is 0 Å². The van der Waals surface area contributed by atoms with E-state index >= 15 is 0 Å². The van der Waals surface area contributed by atoms with Crippen LogP contribution in [0.1, 0.15) is 4.88 Å². The highest BCUT2D eigenvalue weighted by atomic mass is 32.1. The minimum Gasteiger partial charge on any atom is -0.482 e. The summed E-state index contributed by atoms with van der Waals surface area (Å²) in [6, 6.07) is 11.6. The number of benzene rings is 1. The van der Waals surface area contributed by atoms with Crippen LogP contribution in [-0.2, 0) is 16.1 Å². The SMILES string of the molecule is COC(=O)COc1ccc(NCc2cccs2)cc1. The highest BCUT2D eigenvalue weighted by Gasteiger charge is 2.01. The van der Waals surface area contributed by atoms with Crippen LogP contribution in [0.2, 0.25) is 0 Å². The second-order valence-corrected chi connectivity index (χ2v) is 4.85. The molecule has 0 aliphatic rings. The number of nitrogens with one attached hydrogen (secondary N) is 1. The molecule has 0 unspecified atom stereocenters. The van der Waals surface area contributed by atoms with Crippen molar-refractivity contribution in [2.75, 3.05) is 19.0 Å². The quantitative estimate of drug-likeness (QED) is 0.825. The summed E-state index contributed by atoms with van der Waals surface area (Å²) in [6.07, 6.45) is 0. The van der Waals surface area contributed by atoms with E-state index in [0.29, 0.717) is 5.75 Å². The zero-order valence-electron chi connectivity index (χ0n) is 10.6. The fourth-order valence-corrected chi connectivity index (χ4v) is 2.12. The van der Waals surface area contributed by atoms with E-state index in [4.69, 9.17) is 4.74 Å². The van der Waals surface area contributed by atoms with Crippen LogP contribution in [0.3, 0.4) is 0 Å². The van der Waals surface area contributed by atoms with Crippen molar-refractivity contribution in [1.29, 1.82) is 0 Å². The number of carbonyl (C=O) groups excluding carboxylic acids is 1. The van der Waals surface area contributed by atoms with Gasteiger partial charge in [0.1, 0.15) is 5.75 Å². The molecule has 0 bridgehead atoms. The van der Waals surface area contributed by atoms with Crippen molar-refractivity contribution < 1.29 is 14.3 Å². The first-order valence-electron chi connectivity index (χ1n) is 5.84. The molecule has 0 saturated carbocycles. The van der Waals surface area contributed by atoms with Gasteiger partial charge in [-0.3, -0.25) is 0 Å². The molecule has 0 fully saturated rings. The Hall–Kier alpha value is -2.01. The molecule has 0 radical (unpaired) electrons. The molecule has 1 aromatic heterocycles. The first-order valence-corrected chi connectivity index (χ1v) is 6.72. The predicted molar refractivity (Wildman–Crippen MR) is 75.6 cm³/mol. The number of ether oxygens (including phenoxy) is 2. The van der Waals surface area contributed by atoms with Gasteiger partial charge in [0.05, 0.1) is 7.11 Å². The van der Waals surface area contributed by atoms with E-state index in [1.54, 1.807) is 11.3 Å². The molecular formula is C14H15NO3S. The first kappa shape index (κ1) is 13.4.